The third kappa shape index (κ3) is 6.66. The Bertz CT molecular complexity index is 309. The van der Waals surface area contributed by atoms with Crippen molar-refractivity contribution in [2.24, 2.45) is 5.92 Å². The number of rotatable bonds is 5. The molecule has 1 saturated carbocycles. The van der Waals surface area contributed by atoms with Crippen molar-refractivity contribution in [2.45, 2.75) is 45.1 Å². The number of likely N-dealkylation sites (N-methyl/N-ethyl adjacent to an activating group) is 1. The predicted octanol–water partition coefficient (Wildman–Crippen LogP) is 2.17. The van der Waals surface area contributed by atoms with E-state index in [2.05, 4.69) is 36.3 Å². The second kappa shape index (κ2) is 8.59. The molecule has 1 N–H and O–H groups in total. The second-order valence-electron chi connectivity index (χ2n) is 6.49. The van der Waals surface area contributed by atoms with Gasteiger partial charge in [0.15, 0.2) is 0 Å². The van der Waals surface area contributed by atoms with E-state index in [4.69, 9.17) is 4.74 Å². The Balaban J connectivity index is 0.00000106. The zero-order valence-electron chi connectivity index (χ0n) is 14.4. The van der Waals surface area contributed by atoms with Crippen molar-refractivity contribution in [2.75, 3.05) is 47.4 Å². The van der Waals surface area contributed by atoms with E-state index >= 15 is 0 Å². The van der Waals surface area contributed by atoms with Gasteiger partial charge in [-0.05, 0) is 52.7 Å². The molecule has 5 nitrogen and oxygen atoms in total. The van der Waals surface area contributed by atoms with Crippen LogP contribution in [0.3, 0.4) is 0 Å². The summed E-state index contributed by atoms with van der Waals surface area (Å²) >= 11 is 0. The SMILES string of the molecule is CC.CN(C)CC1(NC(=O)OCC2CC2)CCN(C)CC1. The summed E-state index contributed by atoms with van der Waals surface area (Å²) in [6.07, 6.45) is 4.15. The maximum atomic E-state index is 11.9. The van der Waals surface area contributed by atoms with Crippen molar-refractivity contribution < 1.29 is 9.53 Å². The minimum absolute atomic E-state index is 0.128. The largest absolute Gasteiger partial charge is 0.449 e. The smallest absolute Gasteiger partial charge is 0.407 e. The molecule has 21 heavy (non-hydrogen) atoms. The highest BCUT2D eigenvalue weighted by molar-refractivity contribution is 5.68. The molecule has 0 aromatic heterocycles. The molecule has 0 bridgehead atoms. The van der Waals surface area contributed by atoms with Crippen molar-refractivity contribution in [1.82, 2.24) is 15.1 Å². The maximum Gasteiger partial charge on any atom is 0.407 e. The van der Waals surface area contributed by atoms with Gasteiger partial charge in [0.2, 0.25) is 0 Å². The van der Waals surface area contributed by atoms with Crippen molar-refractivity contribution in [3.05, 3.63) is 0 Å². The summed E-state index contributed by atoms with van der Waals surface area (Å²) in [5.41, 5.74) is -0.128. The van der Waals surface area contributed by atoms with Gasteiger partial charge in [-0.15, -0.1) is 0 Å². The van der Waals surface area contributed by atoms with Gasteiger partial charge in [0.05, 0.1) is 12.1 Å². The average Bonchev–Trinajstić information content (AvgIpc) is 3.26. The molecule has 5 heteroatoms. The van der Waals surface area contributed by atoms with Crippen LogP contribution in [0.15, 0.2) is 0 Å². The molecule has 0 radical (unpaired) electrons. The van der Waals surface area contributed by atoms with Crippen LogP contribution in [-0.2, 0) is 4.74 Å². The predicted molar refractivity (Wildman–Crippen MR) is 86.6 cm³/mol. The average molecular weight is 299 g/mol. The van der Waals surface area contributed by atoms with E-state index in [1.54, 1.807) is 0 Å². The lowest BCUT2D eigenvalue weighted by Gasteiger charge is -2.42. The van der Waals surface area contributed by atoms with Gasteiger partial charge in [-0.25, -0.2) is 4.79 Å². The molecule has 1 saturated heterocycles. The number of hydrogen-bond donors (Lipinski definition) is 1. The monoisotopic (exact) mass is 299 g/mol. The minimum atomic E-state index is -0.238. The first-order valence-electron chi connectivity index (χ1n) is 8.27. The molecular weight excluding hydrogens is 266 g/mol. The molecule has 1 heterocycles. The van der Waals surface area contributed by atoms with E-state index in [1.807, 2.05) is 13.8 Å². The first kappa shape index (κ1) is 18.2. The zero-order chi connectivity index (χ0) is 15.9. The van der Waals surface area contributed by atoms with E-state index in [1.165, 1.54) is 12.8 Å². The zero-order valence-corrected chi connectivity index (χ0v) is 14.4. The summed E-state index contributed by atoms with van der Waals surface area (Å²) in [5, 5.41) is 3.14. The molecule has 0 aromatic carbocycles. The molecule has 2 fully saturated rings. The van der Waals surface area contributed by atoms with Crippen molar-refractivity contribution >= 4 is 6.09 Å². The number of hydrogen-bond acceptors (Lipinski definition) is 4. The van der Waals surface area contributed by atoms with E-state index in [0.29, 0.717) is 12.5 Å². The van der Waals surface area contributed by atoms with Crippen LogP contribution in [0.4, 0.5) is 4.79 Å². The van der Waals surface area contributed by atoms with Gasteiger partial charge in [0.25, 0.3) is 0 Å². The molecule has 0 spiro atoms. The van der Waals surface area contributed by atoms with E-state index in [9.17, 15) is 4.79 Å². The Labute approximate surface area is 130 Å². The Kier molecular flexibility index (Phi) is 7.46. The highest BCUT2D eigenvalue weighted by Gasteiger charge is 2.36. The molecule has 0 unspecified atom stereocenters. The standard InChI is InChI=1S/C14H27N3O2.C2H6/c1-16(2)11-14(6-8-17(3)9-7-14)15-13(18)19-10-12-4-5-12;1-2/h12H,4-11H2,1-3H3,(H,15,18);1-2H3. The second-order valence-corrected chi connectivity index (χ2v) is 6.49. The summed E-state index contributed by atoms with van der Waals surface area (Å²) in [7, 11) is 6.24. The summed E-state index contributed by atoms with van der Waals surface area (Å²) in [4.78, 5) is 16.4. The number of nitrogens with one attached hydrogen (secondary N) is 1. The lowest BCUT2D eigenvalue weighted by molar-refractivity contribution is 0.0939. The molecule has 0 atom stereocenters. The van der Waals surface area contributed by atoms with Crippen LogP contribution < -0.4 is 5.32 Å². The fraction of sp³-hybridized carbons (Fsp3) is 0.938. The van der Waals surface area contributed by atoms with Crippen LogP contribution in [-0.4, -0.2) is 68.8 Å². The summed E-state index contributed by atoms with van der Waals surface area (Å²) < 4.78 is 5.32. The highest BCUT2D eigenvalue weighted by Crippen LogP contribution is 2.29. The van der Waals surface area contributed by atoms with Crippen LogP contribution in [0.5, 0.6) is 0 Å². The maximum absolute atomic E-state index is 11.9. The number of amides is 1. The highest BCUT2D eigenvalue weighted by atomic mass is 16.5. The fourth-order valence-electron chi connectivity index (χ4n) is 2.71. The molecule has 124 valence electrons. The van der Waals surface area contributed by atoms with Gasteiger partial charge in [-0.1, -0.05) is 13.8 Å². The molecule has 1 aliphatic heterocycles. The fourth-order valence-corrected chi connectivity index (χ4v) is 2.71. The Morgan fingerprint density at radius 1 is 1.29 bits per heavy atom. The minimum Gasteiger partial charge on any atom is -0.449 e. The summed E-state index contributed by atoms with van der Waals surface area (Å²) in [6.45, 7) is 7.51. The van der Waals surface area contributed by atoms with E-state index < -0.39 is 0 Å². The van der Waals surface area contributed by atoms with Gasteiger partial charge in [0.1, 0.15) is 0 Å². The van der Waals surface area contributed by atoms with Crippen molar-refractivity contribution in [1.29, 1.82) is 0 Å². The third-order valence-electron chi connectivity index (χ3n) is 4.08. The molecule has 0 aromatic rings. The van der Waals surface area contributed by atoms with Gasteiger partial charge in [-0.3, -0.25) is 0 Å². The van der Waals surface area contributed by atoms with Crippen LogP contribution in [0.25, 0.3) is 0 Å². The summed E-state index contributed by atoms with van der Waals surface area (Å²) in [5.74, 6) is 0.619. The van der Waals surface area contributed by atoms with Crippen LogP contribution >= 0.6 is 0 Å². The normalized spacial score (nSPS) is 21.4. The van der Waals surface area contributed by atoms with Gasteiger partial charge >= 0.3 is 6.09 Å². The lowest BCUT2D eigenvalue weighted by Crippen LogP contribution is -2.59. The van der Waals surface area contributed by atoms with Crippen molar-refractivity contribution in [3.8, 4) is 0 Å². The van der Waals surface area contributed by atoms with Crippen LogP contribution in [0.1, 0.15) is 39.5 Å². The van der Waals surface area contributed by atoms with E-state index in [0.717, 1.165) is 32.5 Å². The molecule has 2 rings (SSSR count). The van der Waals surface area contributed by atoms with Gasteiger partial charge < -0.3 is 19.9 Å². The number of alkyl carbamates (subject to hydrolysis) is 1. The van der Waals surface area contributed by atoms with E-state index in [-0.39, 0.29) is 11.6 Å². The Hall–Kier alpha value is -0.810. The Morgan fingerprint density at radius 3 is 2.33 bits per heavy atom. The first-order chi connectivity index (χ1) is 9.99. The number of nitrogens with zero attached hydrogens (tertiary/aromatic N) is 2. The van der Waals surface area contributed by atoms with Crippen LogP contribution in [0.2, 0.25) is 0 Å². The topological polar surface area (TPSA) is 44.8 Å². The molecular formula is C16H33N3O2. The quantitative estimate of drug-likeness (QED) is 0.845. The molecule has 1 aliphatic carbocycles. The first-order valence-corrected chi connectivity index (χ1v) is 8.27. The van der Waals surface area contributed by atoms with Crippen LogP contribution in [0, 0.1) is 5.92 Å². The van der Waals surface area contributed by atoms with Gasteiger partial charge in [0, 0.05) is 19.6 Å². The number of ether oxygens (including phenoxy) is 1. The Morgan fingerprint density at radius 2 is 1.86 bits per heavy atom. The number of likely N-dealkylation sites (tertiary alicyclic amines) is 1. The molecule has 1 amide bonds. The third-order valence-corrected chi connectivity index (χ3v) is 4.08. The van der Waals surface area contributed by atoms with Crippen molar-refractivity contribution in [3.63, 3.8) is 0 Å². The number of carbonyl (C=O) groups is 1. The number of carbonyl (C=O) groups excluding carboxylic acids is 1. The number of piperidine rings is 1. The lowest BCUT2D eigenvalue weighted by atomic mass is 9.87. The molecule has 2 aliphatic rings. The summed E-state index contributed by atoms with van der Waals surface area (Å²) in [6, 6.07) is 0. The van der Waals surface area contributed by atoms with Gasteiger partial charge in [-0.2, -0.15) is 0 Å².